The predicted molar refractivity (Wildman–Crippen MR) is 161 cm³/mol. The summed E-state index contributed by atoms with van der Waals surface area (Å²) in [6, 6.07) is -0.567. The summed E-state index contributed by atoms with van der Waals surface area (Å²) in [5.74, 6) is -1.05. The number of hydrogen-bond donors (Lipinski definition) is 1. The van der Waals surface area contributed by atoms with Crippen LogP contribution in [-0.2, 0) is 28.8 Å². The Morgan fingerprint density at radius 1 is 1.18 bits per heavy atom. The highest BCUT2D eigenvalue weighted by Gasteiger charge is 2.46. The maximum Gasteiger partial charge on any atom is 0.410 e. The summed E-state index contributed by atoms with van der Waals surface area (Å²) in [5.41, 5.74) is 2.63. The molecule has 1 unspecified atom stereocenters. The summed E-state index contributed by atoms with van der Waals surface area (Å²) < 4.78 is 40.0. The molecule has 0 aromatic heterocycles. The number of rotatable bonds is 12. The van der Waals surface area contributed by atoms with Crippen molar-refractivity contribution in [2.24, 2.45) is 5.73 Å². The van der Waals surface area contributed by atoms with Crippen molar-refractivity contribution in [2.75, 3.05) is 19.8 Å². The molecule has 2 N–H and O–H groups in total. The van der Waals surface area contributed by atoms with Gasteiger partial charge >= 0.3 is 6.09 Å². The van der Waals surface area contributed by atoms with Crippen LogP contribution in [0.3, 0.4) is 0 Å². The average molecular weight is 658 g/mol. The number of hydroxylamine groups is 1. The second-order valence-electron chi connectivity index (χ2n) is 12.1. The van der Waals surface area contributed by atoms with Crippen LogP contribution in [-0.4, -0.2) is 86.1 Å². The van der Waals surface area contributed by atoms with Crippen molar-refractivity contribution in [1.82, 2.24) is 9.37 Å². The van der Waals surface area contributed by atoms with Gasteiger partial charge in [0.25, 0.3) is 21.4 Å². The van der Waals surface area contributed by atoms with E-state index in [1.807, 2.05) is 27.3 Å². The van der Waals surface area contributed by atoms with Crippen molar-refractivity contribution in [2.45, 2.75) is 75.7 Å². The quantitative estimate of drug-likeness (QED) is 0.149. The minimum Gasteiger partial charge on any atom is -0.444 e. The summed E-state index contributed by atoms with van der Waals surface area (Å²) in [6.07, 6.45) is 1.61. The largest absolute Gasteiger partial charge is 0.444 e. The van der Waals surface area contributed by atoms with Gasteiger partial charge in [0, 0.05) is 18.2 Å². The number of nitrogens with two attached hydrogens (primary N) is 1. The van der Waals surface area contributed by atoms with Crippen LogP contribution < -0.4 is 5.73 Å². The van der Waals surface area contributed by atoms with Gasteiger partial charge in [-0.25, -0.2) is 13.2 Å². The smallest absolute Gasteiger partial charge is 0.410 e. The van der Waals surface area contributed by atoms with Crippen LogP contribution in [0.5, 0.6) is 0 Å². The third kappa shape index (κ3) is 8.91. The molecule has 0 spiro atoms. The summed E-state index contributed by atoms with van der Waals surface area (Å²) in [4.78, 5) is 52.9. The molecule has 16 nitrogen and oxygen atoms in total. The average Bonchev–Trinajstić information content (AvgIpc) is 2.89. The second kappa shape index (κ2) is 13.9. The number of carbonyl (C=O) groups is 2. The molecule has 1 aromatic carbocycles. The number of sulfonamides is 1. The highest BCUT2D eigenvalue weighted by molar-refractivity contribution is 7.89. The van der Waals surface area contributed by atoms with Crippen molar-refractivity contribution >= 4 is 42.4 Å². The molecule has 44 heavy (non-hydrogen) atoms. The molecule has 0 radical (unpaired) electrons. The Bertz CT molecular complexity index is 1440. The van der Waals surface area contributed by atoms with Crippen molar-refractivity contribution in [1.29, 1.82) is 0 Å². The van der Waals surface area contributed by atoms with Gasteiger partial charge in [-0.15, -0.1) is 6.58 Å². The summed E-state index contributed by atoms with van der Waals surface area (Å²) >= 11 is 0. The first-order chi connectivity index (χ1) is 20.1. The fraction of sp³-hybridized carbons (Fsp3) is 0.538. The number of carbonyl (C=O) groups excluding carboxylic acids is 2. The van der Waals surface area contributed by atoms with Gasteiger partial charge in [-0.05, 0) is 44.5 Å². The van der Waals surface area contributed by atoms with Gasteiger partial charge < -0.3 is 14.9 Å². The molecular weight excluding hydrogens is 618 g/mol. The fourth-order valence-electron chi connectivity index (χ4n) is 3.95. The molecule has 0 saturated carbocycles. The molecule has 244 valence electrons. The highest BCUT2D eigenvalue weighted by Crippen LogP contribution is 2.35. The molecule has 2 amide bonds. The standard InChI is InChI=1S/C26H39N5O11SSi/c1-9-12-40-31(43(38,39)22-11-10-17(29(34)35)14-20(22)30(36)37)21-15-28(24(33)42-25(2,3)4)18(13-19(21)23(27)32)16-41-44(8)26(5,6)7/h9-11,13-14,18,21,44H,1,12,15-16H2,2-8H3,(H2,27,32)/t18-,21-,44?/m0/s1. The first kappa shape index (κ1) is 36.5. The van der Waals surface area contributed by atoms with Gasteiger partial charge in [-0.1, -0.05) is 31.3 Å². The predicted octanol–water partition coefficient (Wildman–Crippen LogP) is 3.18. The SMILES string of the molecule is C=CCON([C@H]1CN(C(=O)OC(C)(C)C)[C@H](CO[SiH](C)C(C)(C)C)C=C1C(N)=O)S(=O)(=O)c1ccc([N+](=O)[O-])cc1[N+](=O)[O-]. The molecule has 0 saturated heterocycles. The second-order valence-corrected chi connectivity index (χ2v) is 17.2. The minimum atomic E-state index is -5.06. The number of nitro groups is 2. The molecule has 1 aliphatic rings. The zero-order valence-electron chi connectivity index (χ0n) is 25.7. The zero-order chi connectivity index (χ0) is 33.8. The van der Waals surface area contributed by atoms with Crippen LogP contribution in [0.25, 0.3) is 0 Å². The van der Waals surface area contributed by atoms with Gasteiger partial charge in [0.2, 0.25) is 5.91 Å². The summed E-state index contributed by atoms with van der Waals surface area (Å²) in [7, 11) is -6.89. The van der Waals surface area contributed by atoms with Crippen molar-refractivity contribution < 1.29 is 41.9 Å². The first-order valence-electron chi connectivity index (χ1n) is 13.5. The van der Waals surface area contributed by atoms with Crippen LogP contribution in [0, 0.1) is 20.2 Å². The molecule has 1 heterocycles. The molecule has 2 rings (SSSR count). The van der Waals surface area contributed by atoms with E-state index in [9.17, 15) is 38.2 Å². The van der Waals surface area contributed by atoms with Gasteiger partial charge in [0.1, 0.15) is 5.60 Å². The fourth-order valence-corrected chi connectivity index (χ4v) is 6.48. The van der Waals surface area contributed by atoms with Gasteiger partial charge in [0.15, 0.2) is 13.9 Å². The number of non-ortho nitro benzene ring substituents is 1. The lowest BCUT2D eigenvalue weighted by Crippen LogP contribution is -2.58. The zero-order valence-corrected chi connectivity index (χ0v) is 27.7. The summed E-state index contributed by atoms with van der Waals surface area (Å²) in [6.45, 7) is 15.4. The Morgan fingerprint density at radius 3 is 2.27 bits per heavy atom. The van der Waals surface area contributed by atoms with Crippen LogP contribution in [0.15, 0.2) is 47.4 Å². The monoisotopic (exact) mass is 657 g/mol. The third-order valence-corrected chi connectivity index (χ3v) is 11.5. The van der Waals surface area contributed by atoms with E-state index in [-0.39, 0.29) is 17.2 Å². The normalized spacial score (nSPS) is 18.4. The molecular formula is C26H39N5O11SSi. The number of nitro benzene ring substituents is 2. The van der Waals surface area contributed by atoms with Gasteiger partial charge in [-0.3, -0.25) is 34.8 Å². The highest BCUT2D eigenvalue weighted by atomic mass is 32.2. The number of primary amides is 1. The molecule has 3 atom stereocenters. The number of hydrogen-bond acceptors (Lipinski definition) is 11. The topological polar surface area (TPSA) is 215 Å². The van der Waals surface area contributed by atoms with Crippen LogP contribution in [0.1, 0.15) is 41.5 Å². The Balaban J connectivity index is 2.76. The maximum atomic E-state index is 14.0. The summed E-state index contributed by atoms with van der Waals surface area (Å²) in [5, 5.41) is 22.9. The van der Waals surface area contributed by atoms with E-state index in [1.165, 1.54) is 12.2 Å². The van der Waals surface area contributed by atoms with Crippen molar-refractivity contribution in [3.8, 4) is 0 Å². The molecule has 0 aliphatic carbocycles. The Morgan fingerprint density at radius 2 is 1.80 bits per heavy atom. The van der Waals surface area contributed by atoms with Crippen LogP contribution in [0.4, 0.5) is 16.2 Å². The first-order valence-corrected chi connectivity index (χ1v) is 17.1. The van der Waals surface area contributed by atoms with E-state index in [1.54, 1.807) is 20.8 Å². The van der Waals surface area contributed by atoms with Gasteiger partial charge in [0.05, 0.1) is 41.2 Å². The molecule has 0 bridgehead atoms. The third-order valence-electron chi connectivity index (χ3n) is 6.59. The van der Waals surface area contributed by atoms with E-state index >= 15 is 0 Å². The van der Waals surface area contributed by atoms with Crippen LogP contribution in [0.2, 0.25) is 11.6 Å². The maximum absolute atomic E-state index is 14.0. The Labute approximate surface area is 257 Å². The van der Waals surface area contributed by atoms with E-state index in [0.29, 0.717) is 16.6 Å². The Kier molecular flexibility index (Phi) is 11.6. The van der Waals surface area contributed by atoms with E-state index in [4.69, 9.17) is 19.7 Å². The number of ether oxygens (including phenoxy) is 1. The van der Waals surface area contributed by atoms with E-state index < -0.39 is 88.0 Å². The molecule has 1 aromatic rings. The lowest BCUT2D eigenvalue weighted by molar-refractivity contribution is -0.396. The lowest BCUT2D eigenvalue weighted by atomic mass is 9.98. The number of nitrogens with zero attached hydrogens (tertiary/aromatic N) is 4. The van der Waals surface area contributed by atoms with E-state index in [0.717, 1.165) is 11.0 Å². The van der Waals surface area contributed by atoms with Crippen molar-refractivity contribution in [3.63, 3.8) is 0 Å². The molecule has 0 fully saturated rings. The van der Waals surface area contributed by atoms with Gasteiger partial charge in [-0.2, -0.15) is 0 Å². The molecule has 18 heteroatoms. The van der Waals surface area contributed by atoms with Crippen molar-refractivity contribution in [3.05, 3.63) is 62.7 Å². The minimum absolute atomic E-state index is 0.0541. The Hall–Kier alpha value is -3.71. The van der Waals surface area contributed by atoms with Crippen LogP contribution >= 0.6 is 0 Å². The van der Waals surface area contributed by atoms with E-state index in [2.05, 4.69) is 6.58 Å². The lowest BCUT2D eigenvalue weighted by Gasteiger charge is -2.41. The number of benzene rings is 1. The number of amides is 2. The molecule has 1 aliphatic heterocycles.